The molecular formula is C27H35N5O4. The molecule has 3 aliphatic rings. The van der Waals surface area contributed by atoms with Crippen LogP contribution in [0, 0.1) is 0 Å². The van der Waals surface area contributed by atoms with Gasteiger partial charge in [-0.15, -0.1) is 0 Å². The molecule has 36 heavy (non-hydrogen) atoms. The number of aliphatic hydroxyl groups is 1. The van der Waals surface area contributed by atoms with E-state index in [1.165, 1.54) is 12.5 Å². The molecule has 1 atom stereocenters. The molecule has 3 amide bonds. The highest BCUT2D eigenvalue weighted by Gasteiger charge is 2.51. The van der Waals surface area contributed by atoms with E-state index in [4.69, 9.17) is 4.74 Å². The molecule has 3 heterocycles. The lowest BCUT2D eigenvalue weighted by molar-refractivity contribution is -0.141. The number of carbonyl (C=O) groups excluding carboxylic acids is 2. The highest BCUT2D eigenvalue weighted by molar-refractivity contribution is 5.95. The van der Waals surface area contributed by atoms with Gasteiger partial charge in [0.1, 0.15) is 11.9 Å². The number of likely N-dealkylation sites (tertiary alicyclic amines) is 1. The number of nitrogens with zero attached hydrogens (tertiary/aromatic N) is 3. The number of benzene rings is 2. The van der Waals surface area contributed by atoms with Gasteiger partial charge in [0.05, 0.1) is 19.2 Å². The van der Waals surface area contributed by atoms with Gasteiger partial charge in [0.2, 0.25) is 0 Å². The van der Waals surface area contributed by atoms with Crippen LogP contribution < -0.4 is 20.5 Å². The maximum Gasteiger partial charge on any atom is 0.325 e. The van der Waals surface area contributed by atoms with Crippen LogP contribution in [0.1, 0.15) is 36.8 Å². The number of amides is 3. The van der Waals surface area contributed by atoms with Crippen molar-refractivity contribution in [2.75, 3.05) is 44.7 Å². The number of hydrogen-bond acceptors (Lipinski definition) is 6. The minimum atomic E-state index is -1.02. The minimum absolute atomic E-state index is 0.0231. The molecular weight excluding hydrogens is 458 g/mol. The molecule has 3 fully saturated rings. The molecule has 0 aliphatic carbocycles. The van der Waals surface area contributed by atoms with Gasteiger partial charge < -0.3 is 19.6 Å². The van der Waals surface area contributed by atoms with E-state index in [2.05, 4.69) is 23.0 Å². The van der Waals surface area contributed by atoms with Crippen molar-refractivity contribution in [3.05, 3.63) is 59.7 Å². The smallest absolute Gasteiger partial charge is 0.325 e. The first-order valence-electron chi connectivity index (χ1n) is 12.6. The van der Waals surface area contributed by atoms with Gasteiger partial charge in [-0.25, -0.2) is 4.79 Å². The van der Waals surface area contributed by atoms with Gasteiger partial charge >= 0.3 is 6.03 Å². The fourth-order valence-corrected chi connectivity index (χ4v) is 5.65. The normalized spacial score (nSPS) is 20.9. The number of piperidine rings is 1. The molecule has 3 aliphatic heterocycles. The van der Waals surface area contributed by atoms with E-state index >= 15 is 0 Å². The van der Waals surface area contributed by atoms with Gasteiger partial charge in [-0.05, 0) is 55.2 Å². The van der Waals surface area contributed by atoms with Crippen molar-refractivity contribution in [1.29, 1.82) is 0 Å². The number of rotatable bonds is 6. The number of hydrogen-bond donors (Lipinski definition) is 3. The summed E-state index contributed by atoms with van der Waals surface area (Å²) < 4.78 is 5.40. The molecule has 3 N–H and O–H groups in total. The highest BCUT2D eigenvalue weighted by Crippen LogP contribution is 2.40. The number of anilines is 1. The fourth-order valence-electron chi connectivity index (χ4n) is 5.65. The standard InChI is InChI=1S/C27H35N5O4/c1-19(33)25(34)30-12-10-27(11-13-30)18-31(23-8-6-21(7-9-23)22-15-28-29-16-22)26(35)32(27)17-20-4-3-5-24(14-20)36-2/h3-9,14,19,22,28-29,33H,10-13,15-18H2,1-2H3/t19-/m1/s1. The maximum absolute atomic E-state index is 13.9. The summed E-state index contributed by atoms with van der Waals surface area (Å²) in [6, 6.07) is 16.1. The van der Waals surface area contributed by atoms with Crippen LogP contribution in [0.25, 0.3) is 0 Å². The average Bonchev–Trinajstić information content (AvgIpc) is 3.53. The molecule has 1 spiro atoms. The van der Waals surface area contributed by atoms with Gasteiger partial charge in [-0.3, -0.25) is 20.5 Å². The first-order chi connectivity index (χ1) is 17.4. The Hall–Kier alpha value is -3.14. The van der Waals surface area contributed by atoms with E-state index in [0.29, 0.717) is 44.9 Å². The van der Waals surface area contributed by atoms with Gasteiger partial charge in [0.25, 0.3) is 5.91 Å². The molecule has 9 nitrogen and oxygen atoms in total. The Morgan fingerprint density at radius 2 is 1.83 bits per heavy atom. The van der Waals surface area contributed by atoms with Crippen molar-refractivity contribution < 1.29 is 19.4 Å². The first-order valence-corrected chi connectivity index (χ1v) is 12.6. The van der Waals surface area contributed by atoms with Crippen molar-refractivity contribution in [1.82, 2.24) is 20.7 Å². The van der Waals surface area contributed by atoms with Crippen LogP contribution in [0.5, 0.6) is 5.75 Å². The Bertz CT molecular complexity index is 1090. The van der Waals surface area contributed by atoms with E-state index in [-0.39, 0.29) is 11.9 Å². The molecule has 0 saturated carbocycles. The quantitative estimate of drug-likeness (QED) is 0.570. The lowest BCUT2D eigenvalue weighted by Gasteiger charge is -2.44. The van der Waals surface area contributed by atoms with Gasteiger partial charge in [0, 0.05) is 44.3 Å². The number of ether oxygens (including phenoxy) is 1. The zero-order chi connectivity index (χ0) is 25.3. The van der Waals surface area contributed by atoms with Crippen molar-refractivity contribution in [3.63, 3.8) is 0 Å². The molecule has 0 unspecified atom stereocenters. The van der Waals surface area contributed by atoms with Crippen molar-refractivity contribution in [2.24, 2.45) is 0 Å². The summed E-state index contributed by atoms with van der Waals surface area (Å²) in [5.41, 5.74) is 9.08. The average molecular weight is 494 g/mol. The van der Waals surface area contributed by atoms with Crippen LogP contribution in [0.4, 0.5) is 10.5 Å². The predicted octanol–water partition coefficient (Wildman–Crippen LogP) is 2.07. The van der Waals surface area contributed by atoms with Gasteiger partial charge in [0.15, 0.2) is 0 Å². The maximum atomic E-state index is 13.9. The predicted molar refractivity (Wildman–Crippen MR) is 137 cm³/mol. The Labute approximate surface area is 212 Å². The van der Waals surface area contributed by atoms with Crippen molar-refractivity contribution in [3.8, 4) is 5.75 Å². The summed E-state index contributed by atoms with van der Waals surface area (Å²) in [4.78, 5) is 31.8. The molecule has 0 aromatic heterocycles. The van der Waals surface area contributed by atoms with E-state index in [1.807, 2.05) is 46.2 Å². The number of aliphatic hydroxyl groups excluding tert-OH is 1. The first kappa shape index (κ1) is 24.5. The Balaban J connectivity index is 1.40. The Kier molecular flexibility index (Phi) is 6.87. The number of hydrazine groups is 1. The second-order valence-corrected chi connectivity index (χ2v) is 10.1. The zero-order valence-corrected chi connectivity index (χ0v) is 20.9. The number of nitrogens with one attached hydrogen (secondary N) is 2. The molecule has 3 saturated heterocycles. The van der Waals surface area contributed by atoms with Crippen LogP contribution in [0.3, 0.4) is 0 Å². The summed E-state index contributed by atoms with van der Waals surface area (Å²) in [7, 11) is 1.64. The lowest BCUT2D eigenvalue weighted by Crippen LogP contribution is -2.56. The fraction of sp³-hybridized carbons (Fsp3) is 0.481. The summed E-state index contributed by atoms with van der Waals surface area (Å²) >= 11 is 0. The van der Waals surface area contributed by atoms with Gasteiger partial charge in [-0.1, -0.05) is 24.3 Å². The van der Waals surface area contributed by atoms with E-state index in [0.717, 1.165) is 30.1 Å². The summed E-state index contributed by atoms with van der Waals surface area (Å²) in [5, 5.41) is 9.78. The van der Waals surface area contributed by atoms with Crippen LogP contribution >= 0.6 is 0 Å². The molecule has 2 aromatic carbocycles. The largest absolute Gasteiger partial charge is 0.497 e. The number of methoxy groups -OCH3 is 1. The van der Waals surface area contributed by atoms with Gasteiger partial charge in [-0.2, -0.15) is 0 Å². The zero-order valence-electron chi connectivity index (χ0n) is 20.9. The van der Waals surface area contributed by atoms with Crippen LogP contribution in [0.15, 0.2) is 48.5 Å². The van der Waals surface area contributed by atoms with Crippen LogP contribution in [-0.2, 0) is 11.3 Å². The Morgan fingerprint density at radius 1 is 1.14 bits per heavy atom. The highest BCUT2D eigenvalue weighted by atomic mass is 16.5. The summed E-state index contributed by atoms with van der Waals surface area (Å²) in [6.07, 6.45) is 0.307. The molecule has 0 radical (unpaired) electrons. The molecule has 2 aromatic rings. The Morgan fingerprint density at radius 3 is 2.47 bits per heavy atom. The third-order valence-corrected chi connectivity index (χ3v) is 7.82. The van der Waals surface area contributed by atoms with E-state index in [9.17, 15) is 14.7 Å². The number of carbonyl (C=O) groups is 2. The SMILES string of the molecule is COc1cccc(CN2C(=O)N(c3ccc(C4CNNC4)cc3)CC23CCN(C(=O)[C@@H](C)O)CC3)c1. The molecule has 9 heteroatoms. The molecule has 192 valence electrons. The van der Waals surface area contributed by atoms with E-state index < -0.39 is 11.6 Å². The molecule has 0 bridgehead atoms. The van der Waals surface area contributed by atoms with Crippen molar-refractivity contribution in [2.45, 2.75) is 43.9 Å². The minimum Gasteiger partial charge on any atom is -0.497 e. The lowest BCUT2D eigenvalue weighted by atomic mass is 9.86. The van der Waals surface area contributed by atoms with Crippen LogP contribution in [0.2, 0.25) is 0 Å². The monoisotopic (exact) mass is 493 g/mol. The number of urea groups is 1. The third-order valence-electron chi connectivity index (χ3n) is 7.82. The second-order valence-electron chi connectivity index (χ2n) is 10.1. The molecule has 5 rings (SSSR count). The summed E-state index contributed by atoms with van der Waals surface area (Å²) in [5.74, 6) is 0.922. The van der Waals surface area contributed by atoms with E-state index in [1.54, 1.807) is 12.0 Å². The van der Waals surface area contributed by atoms with Crippen molar-refractivity contribution >= 4 is 17.6 Å². The third kappa shape index (κ3) is 4.66. The topological polar surface area (TPSA) is 97.4 Å². The second kappa shape index (κ2) is 10.1. The summed E-state index contributed by atoms with van der Waals surface area (Å²) in [6.45, 7) is 5.35. The van der Waals surface area contributed by atoms with Crippen LogP contribution in [-0.4, -0.2) is 78.3 Å².